The van der Waals surface area contributed by atoms with Gasteiger partial charge in [-0.15, -0.1) is 0 Å². The lowest BCUT2D eigenvalue weighted by Gasteiger charge is -2.12. The van der Waals surface area contributed by atoms with Gasteiger partial charge in [0.15, 0.2) is 11.5 Å². The zero-order valence-electron chi connectivity index (χ0n) is 12.9. The fourth-order valence-electron chi connectivity index (χ4n) is 2.78. The van der Waals surface area contributed by atoms with E-state index >= 15 is 0 Å². The molecule has 4 rings (SSSR count). The molecule has 0 spiro atoms. The first-order chi connectivity index (χ1) is 11.8. The lowest BCUT2D eigenvalue weighted by atomic mass is 10.1. The van der Waals surface area contributed by atoms with E-state index in [0.29, 0.717) is 0 Å². The number of ether oxygens (including phenoxy) is 2. The van der Waals surface area contributed by atoms with Crippen LogP contribution in [-0.4, -0.2) is 16.3 Å². The number of fused-ring (bicyclic) bond motifs is 1. The van der Waals surface area contributed by atoms with E-state index in [9.17, 15) is 0 Å². The van der Waals surface area contributed by atoms with Crippen LogP contribution in [0, 0.1) is 0 Å². The molecule has 2 heterocycles. The molecule has 0 amide bonds. The van der Waals surface area contributed by atoms with E-state index in [1.807, 2.05) is 29.2 Å². The fourth-order valence-corrected chi connectivity index (χ4v) is 3.38. The Morgan fingerprint density at radius 1 is 1.17 bits per heavy atom. The Balaban J connectivity index is 1.46. The molecule has 0 unspecified atom stereocenters. The van der Waals surface area contributed by atoms with E-state index in [1.165, 1.54) is 5.56 Å². The monoisotopic (exact) mass is 385 g/mol. The smallest absolute Gasteiger partial charge is 0.231 e. The van der Waals surface area contributed by atoms with E-state index in [4.69, 9.17) is 9.47 Å². The van der Waals surface area contributed by atoms with E-state index in [2.05, 4.69) is 50.5 Å². The summed E-state index contributed by atoms with van der Waals surface area (Å²) in [5.41, 5.74) is 3.50. The van der Waals surface area contributed by atoms with Gasteiger partial charge in [0.25, 0.3) is 0 Å². The Morgan fingerprint density at radius 3 is 2.96 bits per heavy atom. The quantitative estimate of drug-likeness (QED) is 0.727. The largest absolute Gasteiger partial charge is 0.454 e. The van der Waals surface area contributed by atoms with Gasteiger partial charge in [0.05, 0.1) is 16.5 Å². The molecule has 0 radical (unpaired) electrons. The third-order valence-electron chi connectivity index (χ3n) is 3.91. The maximum absolute atomic E-state index is 5.46. The fraction of sp³-hybridized carbons (Fsp3) is 0.167. The summed E-state index contributed by atoms with van der Waals surface area (Å²) < 4.78 is 13.8. The van der Waals surface area contributed by atoms with Gasteiger partial charge in [0, 0.05) is 25.5 Å². The molecule has 0 atom stereocenters. The molecule has 122 valence electrons. The van der Waals surface area contributed by atoms with Crippen LogP contribution in [0.25, 0.3) is 5.69 Å². The zero-order valence-corrected chi connectivity index (χ0v) is 14.5. The number of nitrogens with one attached hydrogen (secondary N) is 1. The van der Waals surface area contributed by atoms with E-state index in [0.717, 1.165) is 40.3 Å². The van der Waals surface area contributed by atoms with Crippen molar-refractivity contribution >= 4 is 15.9 Å². The molecule has 0 fully saturated rings. The molecule has 0 saturated heterocycles. The van der Waals surface area contributed by atoms with E-state index < -0.39 is 0 Å². The highest BCUT2D eigenvalue weighted by atomic mass is 79.9. The van der Waals surface area contributed by atoms with Crippen LogP contribution in [0.15, 0.2) is 59.6 Å². The second-order valence-corrected chi connectivity index (χ2v) is 6.37. The van der Waals surface area contributed by atoms with Gasteiger partial charge >= 0.3 is 0 Å². The zero-order chi connectivity index (χ0) is 16.4. The number of hydrogen-bond acceptors (Lipinski definition) is 4. The normalized spacial score (nSPS) is 12.5. The number of hydrogen-bond donors (Lipinski definition) is 1. The average Bonchev–Trinajstić information content (AvgIpc) is 3.27. The molecule has 3 aromatic rings. The third-order valence-corrected chi connectivity index (χ3v) is 4.49. The molecule has 0 bridgehead atoms. The first kappa shape index (κ1) is 15.2. The molecular weight excluding hydrogens is 370 g/mol. The van der Waals surface area contributed by atoms with Gasteiger partial charge in [-0.2, -0.15) is 0 Å². The topological polar surface area (TPSA) is 48.3 Å². The van der Waals surface area contributed by atoms with E-state index in [1.54, 1.807) is 6.20 Å². The predicted molar refractivity (Wildman–Crippen MR) is 94.4 cm³/mol. The minimum atomic E-state index is 0.281. The Kier molecular flexibility index (Phi) is 4.23. The van der Waals surface area contributed by atoms with Crippen molar-refractivity contribution in [1.82, 2.24) is 14.9 Å². The van der Waals surface area contributed by atoms with Crippen LogP contribution in [0.5, 0.6) is 11.5 Å². The van der Waals surface area contributed by atoms with Crippen LogP contribution in [0.3, 0.4) is 0 Å². The van der Waals surface area contributed by atoms with Crippen molar-refractivity contribution in [3.8, 4) is 17.2 Å². The molecule has 0 saturated carbocycles. The number of imidazole rings is 1. The van der Waals surface area contributed by atoms with Crippen molar-refractivity contribution in [2.45, 2.75) is 13.1 Å². The standard InChI is InChI=1S/C18H16BrN3O2/c19-15-7-13(8-17-18(15)24-12-23-17)9-21-10-14-3-1-2-4-16(14)22-6-5-20-11-22/h1-8,11,21H,9-10,12H2. The summed E-state index contributed by atoms with van der Waals surface area (Å²) in [6.07, 6.45) is 5.55. The number of nitrogens with zero attached hydrogens (tertiary/aromatic N) is 2. The maximum Gasteiger partial charge on any atom is 0.231 e. The number of benzene rings is 2. The second-order valence-electron chi connectivity index (χ2n) is 5.51. The second kappa shape index (κ2) is 6.67. The molecule has 5 nitrogen and oxygen atoms in total. The Bertz CT molecular complexity index is 849. The summed E-state index contributed by atoms with van der Waals surface area (Å²) in [6, 6.07) is 12.4. The highest BCUT2D eigenvalue weighted by molar-refractivity contribution is 9.10. The summed E-state index contributed by atoms with van der Waals surface area (Å²) in [4.78, 5) is 4.12. The van der Waals surface area contributed by atoms with Crippen LogP contribution >= 0.6 is 15.9 Å². The number of para-hydroxylation sites is 1. The van der Waals surface area contributed by atoms with Crippen LogP contribution in [0.2, 0.25) is 0 Å². The Labute approximate surface area is 148 Å². The average molecular weight is 386 g/mol. The van der Waals surface area contributed by atoms with Crippen molar-refractivity contribution in [1.29, 1.82) is 0 Å². The van der Waals surface area contributed by atoms with E-state index in [-0.39, 0.29) is 6.79 Å². The molecule has 0 aliphatic carbocycles. The van der Waals surface area contributed by atoms with Gasteiger partial charge in [-0.3, -0.25) is 0 Å². The van der Waals surface area contributed by atoms with Crippen molar-refractivity contribution in [2.75, 3.05) is 6.79 Å². The van der Waals surface area contributed by atoms with Crippen molar-refractivity contribution in [3.63, 3.8) is 0 Å². The molecule has 2 aromatic carbocycles. The summed E-state index contributed by atoms with van der Waals surface area (Å²) in [5.74, 6) is 1.57. The number of halogens is 1. The number of aromatic nitrogens is 2. The molecule has 1 aliphatic rings. The number of rotatable bonds is 5. The molecular formula is C18H16BrN3O2. The summed E-state index contributed by atoms with van der Waals surface area (Å²) in [6.45, 7) is 1.79. The van der Waals surface area contributed by atoms with Crippen molar-refractivity contribution in [2.24, 2.45) is 0 Å². The predicted octanol–water partition coefficient (Wildman–Crippen LogP) is 3.65. The van der Waals surface area contributed by atoms with Crippen LogP contribution in [-0.2, 0) is 13.1 Å². The Morgan fingerprint density at radius 2 is 2.08 bits per heavy atom. The summed E-state index contributed by atoms with van der Waals surface area (Å²) >= 11 is 3.53. The lowest BCUT2D eigenvalue weighted by molar-refractivity contribution is 0.173. The molecule has 24 heavy (non-hydrogen) atoms. The van der Waals surface area contributed by atoms with Gasteiger partial charge in [-0.1, -0.05) is 18.2 Å². The van der Waals surface area contributed by atoms with Crippen LogP contribution < -0.4 is 14.8 Å². The van der Waals surface area contributed by atoms with Gasteiger partial charge in [-0.05, 0) is 45.3 Å². The molecule has 1 aromatic heterocycles. The van der Waals surface area contributed by atoms with Crippen molar-refractivity contribution in [3.05, 3.63) is 70.7 Å². The first-order valence-corrected chi connectivity index (χ1v) is 8.45. The first-order valence-electron chi connectivity index (χ1n) is 7.66. The molecule has 1 aliphatic heterocycles. The van der Waals surface area contributed by atoms with Crippen LogP contribution in [0.4, 0.5) is 0 Å². The van der Waals surface area contributed by atoms with Gasteiger partial charge in [0.2, 0.25) is 6.79 Å². The van der Waals surface area contributed by atoms with Gasteiger partial charge in [-0.25, -0.2) is 4.98 Å². The van der Waals surface area contributed by atoms with Crippen LogP contribution in [0.1, 0.15) is 11.1 Å². The van der Waals surface area contributed by atoms with Gasteiger partial charge < -0.3 is 19.4 Å². The SMILES string of the molecule is Brc1cc(CNCc2ccccc2-n2ccnc2)cc2c1OCO2. The minimum Gasteiger partial charge on any atom is -0.454 e. The maximum atomic E-state index is 5.46. The summed E-state index contributed by atoms with van der Waals surface area (Å²) in [7, 11) is 0. The lowest BCUT2D eigenvalue weighted by Crippen LogP contribution is -2.14. The van der Waals surface area contributed by atoms with Crippen molar-refractivity contribution < 1.29 is 9.47 Å². The Hall–Kier alpha value is -2.31. The third kappa shape index (κ3) is 3.02. The highest BCUT2D eigenvalue weighted by Crippen LogP contribution is 2.39. The summed E-state index contributed by atoms with van der Waals surface area (Å²) in [5, 5.41) is 3.49. The highest BCUT2D eigenvalue weighted by Gasteiger charge is 2.17. The molecule has 1 N–H and O–H groups in total. The minimum absolute atomic E-state index is 0.281. The molecule has 6 heteroatoms. The van der Waals surface area contributed by atoms with Gasteiger partial charge in [0.1, 0.15) is 0 Å².